The van der Waals surface area contributed by atoms with Crippen LogP contribution in [0, 0.1) is 5.92 Å². The lowest BCUT2D eigenvalue weighted by molar-refractivity contribution is 0.0928. The number of hydrogen-bond acceptors (Lipinski definition) is 5. The predicted octanol–water partition coefficient (Wildman–Crippen LogP) is 2.24. The van der Waals surface area contributed by atoms with E-state index in [-0.39, 0.29) is 23.1 Å². The molecule has 0 saturated heterocycles. The molecule has 0 bridgehead atoms. The van der Waals surface area contributed by atoms with E-state index in [0.717, 1.165) is 29.9 Å². The van der Waals surface area contributed by atoms with Crippen molar-refractivity contribution in [1.82, 2.24) is 14.9 Å². The number of thioether (sulfide) groups is 1. The van der Waals surface area contributed by atoms with Crippen LogP contribution >= 0.6 is 11.8 Å². The molecule has 1 saturated carbocycles. The van der Waals surface area contributed by atoms with Crippen LogP contribution in [0.5, 0.6) is 5.75 Å². The molecule has 1 aromatic heterocycles. The summed E-state index contributed by atoms with van der Waals surface area (Å²) in [6.07, 6.45) is 3.56. The summed E-state index contributed by atoms with van der Waals surface area (Å²) >= 11 is 1.54. The van der Waals surface area contributed by atoms with Crippen molar-refractivity contribution in [3.05, 3.63) is 51.9 Å². The van der Waals surface area contributed by atoms with E-state index >= 15 is 0 Å². The van der Waals surface area contributed by atoms with Crippen molar-refractivity contribution in [2.75, 3.05) is 12.9 Å². The van der Waals surface area contributed by atoms with Crippen LogP contribution in [0.25, 0.3) is 0 Å². The van der Waals surface area contributed by atoms with Gasteiger partial charge in [0.15, 0.2) is 5.16 Å². The van der Waals surface area contributed by atoms with E-state index in [0.29, 0.717) is 17.6 Å². The van der Waals surface area contributed by atoms with Gasteiger partial charge in [-0.2, -0.15) is 0 Å². The van der Waals surface area contributed by atoms with Crippen molar-refractivity contribution >= 4 is 17.7 Å². The number of methoxy groups -OCH3 is 1. The fraction of sp³-hybridized carbons (Fsp3) is 0.389. The number of ether oxygens (including phenoxy) is 1. The molecule has 2 aromatic rings. The molecule has 1 aromatic carbocycles. The van der Waals surface area contributed by atoms with Gasteiger partial charge in [-0.25, -0.2) is 4.98 Å². The molecular weight excluding hydrogens is 338 g/mol. The van der Waals surface area contributed by atoms with Gasteiger partial charge in [-0.1, -0.05) is 23.9 Å². The Morgan fingerprint density at radius 2 is 2.12 bits per heavy atom. The number of carbonyl (C=O) groups excluding carboxylic acids is 1. The minimum Gasteiger partial charge on any atom is -0.497 e. The van der Waals surface area contributed by atoms with Crippen LogP contribution in [0.2, 0.25) is 0 Å². The largest absolute Gasteiger partial charge is 0.497 e. The van der Waals surface area contributed by atoms with Gasteiger partial charge >= 0.3 is 0 Å². The molecule has 1 atom stereocenters. The summed E-state index contributed by atoms with van der Waals surface area (Å²) in [5.41, 5.74) is 0.892. The summed E-state index contributed by atoms with van der Waals surface area (Å²) in [5, 5.41) is 3.73. The third kappa shape index (κ3) is 3.16. The molecule has 25 heavy (non-hydrogen) atoms. The highest BCUT2D eigenvalue weighted by Crippen LogP contribution is 2.41. The van der Waals surface area contributed by atoms with E-state index in [1.807, 2.05) is 24.3 Å². The van der Waals surface area contributed by atoms with Crippen LogP contribution in [0.15, 0.2) is 40.4 Å². The van der Waals surface area contributed by atoms with Gasteiger partial charge in [0.05, 0.1) is 13.2 Å². The van der Waals surface area contributed by atoms with Crippen molar-refractivity contribution in [3.8, 4) is 5.75 Å². The van der Waals surface area contributed by atoms with Gasteiger partial charge in [0, 0.05) is 18.5 Å². The molecule has 130 valence electrons. The van der Waals surface area contributed by atoms with E-state index in [9.17, 15) is 9.59 Å². The molecule has 1 aliphatic carbocycles. The lowest BCUT2D eigenvalue weighted by atomic mass is 10.0. The molecule has 1 aliphatic heterocycles. The number of amides is 1. The zero-order chi connectivity index (χ0) is 17.4. The first kappa shape index (κ1) is 16.2. The number of carbonyl (C=O) groups is 1. The van der Waals surface area contributed by atoms with Gasteiger partial charge in [-0.3, -0.25) is 14.2 Å². The molecule has 4 rings (SSSR count). The average molecular weight is 357 g/mol. The van der Waals surface area contributed by atoms with Gasteiger partial charge in [0.2, 0.25) is 0 Å². The molecular formula is C18H19N3O3S. The minimum absolute atomic E-state index is 0.0922. The van der Waals surface area contributed by atoms with Crippen molar-refractivity contribution < 1.29 is 9.53 Å². The second kappa shape index (κ2) is 6.55. The highest BCUT2D eigenvalue weighted by molar-refractivity contribution is 7.99. The first-order chi connectivity index (χ1) is 12.2. The van der Waals surface area contributed by atoms with Gasteiger partial charge in [0.1, 0.15) is 11.3 Å². The van der Waals surface area contributed by atoms with E-state index in [1.54, 1.807) is 11.7 Å². The lowest BCUT2D eigenvalue weighted by Gasteiger charge is -2.19. The first-order valence-electron chi connectivity index (χ1n) is 8.35. The fourth-order valence-electron chi connectivity index (χ4n) is 3.11. The summed E-state index contributed by atoms with van der Waals surface area (Å²) in [6, 6.07) is 7.62. The SMILES string of the molecule is COc1ccc(C(NC(=O)c2cnc3n(c2=O)CCS3)C2CC2)cc1. The minimum atomic E-state index is -0.350. The van der Waals surface area contributed by atoms with E-state index in [4.69, 9.17) is 4.74 Å². The lowest BCUT2D eigenvalue weighted by Crippen LogP contribution is -2.36. The van der Waals surface area contributed by atoms with Crippen LogP contribution in [-0.4, -0.2) is 28.3 Å². The number of nitrogens with one attached hydrogen (secondary N) is 1. The normalized spacial score (nSPS) is 17.0. The third-order valence-electron chi connectivity index (χ3n) is 4.66. The maximum absolute atomic E-state index is 12.7. The first-order valence-corrected chi connectivity index (χ1v) is 9.33. The van der Waals surface area contributed by atoms with Crippen molar-refractivity contribution in [1.29, 1.82) is 0 Å². The van der Waals surface area contributed by atoms with E-state index < -0.39 is 0 Å². The van der Waals surface area contributed by atoms with Crippen molar-refractivity contribution in [2.24, 2.45) is 5.92 Å². The molecule has 1 fully saturated rings. The van der Waals surface area contributed by atoms with Gasteiger partial charge in [-0.15, -0.1) is 0 Å². The molecule has 0 radical (unpaired) electrons. The Bertz CT molecular complexity index is 859. The van der Waals surface area contributed by atoms with Gasteiger partial charge in [-0.05, 0) is 36.5 Å². The number of fused-ring (bicyclic) bond motifs is 1. The van der Waals surface area contributed by atoms with E-state index in [1.165, 1.54) is 18.0 Å². The zero-order valence-electron chi connectivity index (χ0n) is 13.9. The van der Waals surface area contributed by atoms with E-state index in [2.05, 4.69) is 10.3 Å². The molecule has 1 unspecified atom stereocenters. The summed E-state index contributed by atoms with van der Waals surface area (Å²) in [7, 11) is 1.63. The third-order valence-corrected chi connectivity index (χ3v) is 5.63. The van der Waals surface area contributed by atoms with Crippen LogP contribution in [0.1, 0.15) is 34.8 Å². The fourth-order valence-corrected chi connectivity index (χ4v) is 4.02. The summed E-state index contributed by atoms with van der Waals surface area (Å²) in [4.78, 5) is 29.5. The smallest absolute Gasteiger partial charge is 0.267 e. The Morgan fingerprint density at radius 3 is 2.80 bits per heavy atom. The highest BCUT2D eigenvalue weighted by atomic mass is 32.2. The predicted molar refractivity (Wildman–Crippen MR) is 95.1 cm³/mol. The number of aromatic nitrogens is 2. The standard InChI is InChI=1S/C18H19N3O3S/c1-24-13-6-4-12(5-7-13)15(11-2-3-11)20-16(22)14-10-19-18-21(17(14)23)8-9-25-18/h4-7,10-11,15H,2-3,8-9H2,1H3,(H,20,22). The Labute approximate surface area is 149 Å². The summed E-state index contributed by atoms with van der Waals surface area (Å²) in [5.74, 6) is 1.67. The molecule has 6 nitrogen and oxygen atoms in total. The number of hydrogen-bond donors (Lipinski definition) is 1. The molecule has 7 heteroatoms. The number of benzene rings is 1. The van der Waals surface area contributed by atoms with Crippen LogP contribution < -0.4 is 15.6 Å². The Hall–Kier alpha value is -2.28. The summed E-state index contributed by atoms with van der Waals surface area (Å²) in [6.45, 7) is 0.609. The average Bonchev–Trinajstić information content (AvgIpc) is 3.36. The highest BCUT2D eigenvalue weighted by Gasteiger charge is 2.34. The van der Waals surface area contributed by atoms with Crippen molar-refractivity contribution in [3.63, 3.8) is 0 Å². The molecule has 2 heterocycles. The van der Waals surface area contributed by atoms with Crippen LogP contribution in [0.4, 0.5) is 0 Å². The summed E-state index contributed by atoms with van der Waals surface area (Å²) < 4.78 is 6.77. The number of rotatable bonds is 5. The molecule has 1 N–H and O–H groups in total. The molecule has 0 spiro atoms. The zero-order valence-corrected chi connectivity index (χ0v) is 14.7. The van der Waals surface area contributed by atoms with Crippen LogP contribution in [0.3, 0.4) is 0 Å². The second-order valence-corrected chi connectivity index (χ2v) is 7.38. The molecule has 1 amide bonds. The number of nitrogens with zero attached hydrogens (tertiary/aromatic N) is 2. The van der Waals surface area contributed by atoms with Crippen LogP contribution in [-0.2, 0) is 6.54 Å². The topological polar surface area (TPSA) is 73.2 Å². The Morgan fingerprint density at radius 1 is 1.36 bits per heavy atom. The van der Waals surface area contributed by atoms with Crippen molar-refractivity contribution in [2.45, 2.75) is 30.6 Å². The Kier molecular flexibility index (Phi) is 4.25. The maximum Gasteiger partial charge on any atom is 0.267 e. The second-order valence-electron chi connectivity index (χ2n) is 6.32. The molecule has 2 aliphatic rings. The van der Waals surface area contributed by atoms with Gasteiger partial charge in [0.25, 0.3) is 11.5 Å². The van der Waals surface area contributed by atoms with Gasteiger partial charge < -0.3 is 10.1 Å². The quantitative estimate of drug-likeness (QED) is 0.831. The Balaban J connectivity index is 1.58. The monoisotopic (exact) mass is 357 g/mol. The maximum atomic E-state index is 12.7.